The number of hydrogen-bond acceptors (Lipinski definition) is 4. The normalized spacial score (nSPS) is 23.7. The molecule has 30 heavy (non-hydrogen) atoms. The largest absolute Gasteiger partial charge is 0.487 e. The van der Waals surface area contributed by atoms with Gasteiger partial charge in [-0.25, -0.2) is 0 Å². The van der Waals surface area contributed by atoms with Crippen molar-refractivity contribution in [3.63, 3.8) is 0 Å². The summed E-state index contributed by atoms with van der Waals surface area (Å²) in [6, 6.07) is 7.58. The molecule has 1 aromatic carbocycles. The molecule has 1 aliphatic carbocycles. The lowest BCUT2D eigenvalue weighted by Gasteiger charge is -2.40. The van der Waals surface area contributed by atoms with E-state index in [0.717, 1.165) is 64.5 Å². The lowest BCUT2D eigenvalue weighted by molar-refractivity contribution is -0.140. The van der Waals surface area contributed by atoms with E-state index in [-0.39, 0.29) is 30.6 Å². The number of amides is 2. The Kier molecular flexibility index (Phi) is 8.55. The fraction of sp³-hybridized carbons (Fsp3) is 0.667. The summed E-state index contributed by atoms with van der Waals surface area (Å²) in [7, 11) is 1.57. The van der Waals surface area contributed by atoms with Crippen LogP contribution in [-0.4, -0.2) is 67.1 Å². The molecule has 1 saturated carbocycles. The van der Waals surface area contributed by atoms with Crippen LogP contribution in [0.2, 0.25) is 0 Å². The number of methoxy groups -OCH3 is 1. The third kappa shape index (κ3) is 5.54. The van der Waals surface area contributed by atoms with Gasteiger partial charge in [0.05, 0.1) is 11.6 Å². The first-order valence-corrected chi connectivity index (χ1v) is 11.5. The van der Waals surface area contributed by atoms with Gasteiger partial charge in [0.15, 0.2) is 0 Å². The topological polar surface area (TPSA) is 59.1 Å². The summed E-state index contributed by atoms with van der Waals surface area (Å²) in [4.78, 5) is 30.0. The number of fused-ring (bicyclic) bond motifs is 2. The molecule has 0 spiro atoms. The van der Waals surface area contributed by atoms with Crippen molar-refractivity contribution < 1.29 is 19.1 Å². The number of para-hydroxylation sites is 1. The van der Waals surface area contributed by atoms with E-state index in [1.165, 1.54) is 0 Å². The van der Waals surface area contributed by atoms with E-state index in [0.29, 0.717) is 17.9 Å². The first-order chi connectivity index (χ1) is 14.7. The molecule has 2 aliphatic rings. The lowest BCUT2D eigenvalue weighted by atomic mass is 9.90. The summed E-state index contributed by atoms with van der Waals surface area (Å²) in [5.74, 6) is 0.700. The number of nitrogens with zero attached hydrogens (tertiary/aromatic N) is 2. The van der Waals surface area contributed by atoms with Crippen molar-refractivity contribution in [1.29, 1.82) is 0 Å². The standard InChI is InChI=1S/C24H36N2O4/c1-3-25-16-10-4-5-11-17-26(23(27)18-29-2)20-13-7-9-15-22(20)30-21-14-8-6-12-19(21)24(25)28/h6,8,12,14,20,22H,3-5,7,9-11,13,15-18H2,1-2H3/t20-,22+/m1/s1. The zero-order valence-electron chi connectivity index (χ0n) is 18.5. The molecule has 2 atom stereocenters. The first-order valence-electron chi connectivity index (χ1n) is 11.5. The summed E-state index contributed by atoms with van der Waals surface area (Å²) in [6.45, 7) is 4.32. The van der Waals surface area contributed by atoms with Gasteiger partial charge < -0.3 is 19.3 Å². The van der Waals surface area contributed by atoms with Gasteiger partial charge in [-0.1, -0.05) is 31.4 Å². The number of carbonyl (C=O) groups is 2. The smallest absolute Gasteiger partial charge is 0.257 e. The maximum absolute atomic E-state index is 13.2. The minimum atomic E-state index is -0.105. The van der Waals surface area contributed by atoms with E-state index >= 15 is 0 Å². The summed E-state index contributed by atoms with van der Waals surface area (Å²) in [5, 5.41) is 0. The van der Waals surface area contributed by atoms with E-state index < -0.39 is 0 Å². The quantitative estimate of drug-likeness (QED) is 0.750. The third-order valence-corrected chi connectivity index (χ3v) is 6.30. The maximum Gasteiger partial charge on any atom is 0.257 e. The van der Waals surface area contributed by atoms with Crippen LogP contribution >= 0.6 is 0 Å². The molecule has 0 bridgehead atoms. The van der Waals surface area contributed by atoms with E-state index in [4.69, 9.17) is 9.47 Å². The molecule has 1 fully saturated rings. The van der Waals surface area contributed by atoms with Gasteiger partial charge >= 0.3 is 0 Å². The van der Waals surface area contributed by atoms with Crippen LogP contribution in [0.5, 0.6) is 5.75 Å². The summed E-state index contributed by atoms with van der Waals surface area (Å²) >= 11 is 0. The Balaban J connectivity index is 1.92. The van der Waals surface area contributed by atoms with Crippen LogP contribution in [0.4, 0.5) is 0 Å². The molecule has 0 N–H and O–H groups in total. The zero-order valence-corrected chi connectivity index (χ0v) is 18.5. The van der Waals surface area contributed by atoms with Crippen molar-refractivity contribution in [1.82, 2.24) is 9.80 Å². The maximum atomic E-state index is 13.2. The second-order valence-corrected chi connectivity index (χ2v) is 8.32. The summed E-state index contributed by atoms with van der Waals surface area (Å²) < 4.78 is 11.6. The number of benzene rings is 1. The molecule has 6 heteroatoms. The van der Waals surface area contributed by atoms with E-state index in [1.54, 1.807) is 7.11 Å². The molecular weight excluding hydrogens is 380 g/mol. The Hall–Kier alpha value is -2.08. The highest BCUT2D eigenvalue weighted by atomic mass is 16.5. The highest BCUT2D eigenvalue weighted by molar-refractivity contribution is 5.97. The average molecular weight is 417 g/mol. The van der Waals surface area contributed by atoms with Crippen molar-refractivity contribution in [3.8, 4) is 5.75 Å². The molecule has 6 nitrogen and oxygen atoms in total. The van der Waals surface area contributed by atoms with Crippen molar-refractivity contribution in [3.05, 3.63) is 29.8 Å². The molecule has 0 unspecified atom stereocenters. The van der Waals surface area contributed by atoms with Gasteiger partial charge in [-0.2, -0.15) is 0 Å². The number of carbonyl (C=O) groups excluding carboxylic acids is 2. The SMILES string of the molecule is CCN1CCCCCCN(C(=O)COC)[C@@H]2CCCC[C@@H]2Oc2ccccc2C1=O. The van der Waals surface area contributed by atoms with Crippen LogP contribution < -0.4 is 4.74 Å². The summed E-state index contributed by atoms with van der Waals surface area (Å²) in [6.07, 6.45) is 7.93. The Morgan fingerprint density at radius 3 is 2.57 bits per heavy atom. The molecule has 1 aromatic rings. The fourth-order valence-electron chi connectivity index (χ4n) is 4.67. The molecule has 3 rings (SSSR count). The zero-order chi connectivity index (χ0) is 21.3. The third-order valence-electron chi connectivity index (χ3n) is 6.30. The van der Waals surface area contributed by atoms with E-state index in [1.807, 2.05) is 41.0 Å². The predicted octanol–water partition coefficient (Wildman–Crippen LogP) is 3.89. The Morgan fingerprint density at radius 1 is 1.07 bits per heavy atom. The van der Waals surface area contributed by atoms with Crippen molar-refractivity contribution in [2.75, 3.05) is 33.4 Å². The fourth-order valence-corrected chi connectivity index (χ4v) is 4.67. The summed E-state index contributed by atoms with van der Waals surface area (Å²) in [5.41, 5.74) is 0.621. The highest BCUT2D eigenvalue weighted by Gasteiger charge is 2.35. The van der Waals surface area contributed by atoms with Gasteiger partial charge in [0.25, 0.3) is 5.91 Å². The second kappa shape index (κ2) is 11.3. The van der Waals surface area contributed by atoms with Gasteiger partial charge in [-0.05, 0) is 51.2 Å². The molecular formula is C24H36N2O4. The number of ether oxygens (including phenoxy) is 2. The van der Waals surface area contributed by atoms with E-state index in [9.17, 15) is 9.59 Å². The van der Waals surface area contributed by atoms with Crippen LogP contribution in [-0.2, 0) is 9.53 Å². The van der Waals surface area contributed by atoms with Gasteiger partial charge in [0.1, 0.15) is 18.5 Å². The van der Waals surface area contributed by atoms with E-state index in [2.05, 4.69) is 0 Å². The first kappa shape index (κ1) is 22.6. The van der Waals surface area contributed by atoms with Crippen LogP contribution in [0.1, 0.15) is 68.6 Å². The average Bonchev–Trinajstić information content (AvgIpc) is 2.76. The van der Waals surface area contributed by atoms with Gasteiger partial charge in [-0.3, -0.25) is 9.59 Å². The van der Waals surface area contributed by atoms with Crippen molar-refractivity contribution >= 4 is 11.8 Å². The molecule has 0 radical (unpaired) electrons. The Bertz CT molecular complexity index is 708. The molecule has 1 heterocycles. The van der Waals surface area contributed by atoms with Crippen LogP contribution in [0.3, 0.4) is 0 Å². The minimum Gasteiger partial charge on any atom is -0.487 e. The number of rotatable bonds is 3. The molecule has 0 saturated heterocycles. The van der Waals surface area contributed by atoms with Gasteiger partial charge in [-0.15, -0.1) is 0 Å². The lowest BCUT2D eigenvalue weighted by Crippen LogP contribution is -2.52. The minimum absolute atomic E-state index is 0.0229. The van der Waals surface area contributed by atoms with Gasteiger partial charge in [0.2, 0.25) is 5.91 Å². The Morgan fingerprint density at radius 2 is 1.80 bits per heavy atom. The van der Waals surface area contributed by atoms with Crippen molar-refractivity contribution in [2.24, 2.45) is 0 Å². The van der Waals surface area contributed by atoms with Gasteiger partial charge in [0, 0.05) is 26.7 Å². The predicted molar refractivity (Wildman–Crippen MR) is 117 cm³/mol. The molecule has 0 aromatic heterocycles. The monoisotopic (exact) mass is 416 g/mol. The van der Waals surface area contributed by atoms with Crippen molar-refractivity contribution in [2.45, 2.75) is 70.4 Å². The molecule has 2 amide bonds. The highest BCUT2D eigenvalue weighted by Crippen LogP contribution is 2.30. The Labute approximate surface area is 180 Å². The second-order valence-electron chi connectivity index (χ2n) is 8.32. The van der Waals surface area contributed by atoms with Crippen LogP contribution in [0.25, 0.3) is 0 Å². The van der Waals surface area contributed by atoms with Crippen LogP contribution in [0.15, 0.2) is 24.3 Å². The number of hydrogen-bond donors (Lipinski definition) is 0. The molecule has 1 aliphatic heterocycles. The van der Waals surface area contributed by atoms with Crippen LogP contribution in [0, 0.1) is 0 Å². The molecule has 166 valence electrons.